The van der Waals surface area contributed by atoms with Crippen molar-refractivity contribution >= 4 is 11.7 Å². The Kier molecular flexibility index (Phi) is 3.34. The zero-order chi connectivity index (χ0) is 10.6. The van der Waals surface area contributed by atoms with Crippen LogP contribution in [-0.2, 0) is 4.79 Å². The molecule has 0 saturated carbocycles. The third kappa shape index (κ3) is 2.97. The van der Waals surface area contributed by atoms with E-state index in [4.69, 9.17) is 5.11 Å². The van der Waals surface area contributed by atoms with Gasteiger partial charge in [0.05, 0.1) is 12.1 Å². The van der Waals surface area contributed by atoms with Gasteiger partial charge >= 0.3 is 5.97 Å². The first kappa shape index (κ1) is 10.4. The number of carboxylic acids is 1. The molecule has 4 nitrogen and oxygen atoms in total. The van der Waals surface area contributed by atoms with E-state index in [9.17, 15) is 9.90 Å². The maximum absolute atomic E-state index is 10.4. The molecule has 0 aromatic heterocycles. The van der Waals surface area contributed by atoms with Gasteiger partial charge in [0.1, 0.15) is 5.75 Å². The normalized spacial score (nSPS) is 12.1. The molecule has 0 heterocycles. The lowest BCUT2D eigenvalue weighted by Crippen LogP contribution is -2.19. The molecule has 1 rings (SSSR count). The van der Waals surface area contributed by atoms with Crippen LogP contribution in [0, 0.1) is 0 Å². The fraction of sp³-hybridized carbons (Fsp3) is 0.300. The van der Waals surface area contributed by atoms with Crippen LogP contribution >= 0.6 is 0 Å². The lowest BCUT2D eigenvalue weighted by atomic mass is 10.2. The minimum absolute atomic E-state index is 0.0222. The molecule has 14 heavy (non-hydrogen) atoms. The van der Waals surface area contributed by atoms with Gasteiger partial charge in [0.2, 0.25) is 0 Å². The number of phenolic OH excluding ortho intramolecular Hbond substituents is 1. The van der Waals surface area contributed by atoms with E-state index < -0.39 is 5.97 Å². The molecule has 1 atom stereocenters. The molecule has 3 N–H and O–H groups in total. The highest BCUT2D eigenvalue weighted by atomic mass is 16.4. The summed E-state index contributed by atoms with van der Waals surface area (Å²) in [5.41, 5.74) is 0.557. The van der Waals surface area contributed by atoms with Gasteiger partial charge in [-0.25, -0.2) is 0 Å². The number of phenols is 1. The molecule has 0 spiro atoms. The summed E-state index contributed by atoms with van der Waals surface area (Å²) in [4.78, 5) is 10.4. The second-order valence-electron chi connectivity index (χ2n) is 3.16. The van der Waals surface area contributed by atoms with Gasteiger partial charge < -0.3 is 15.5 Å². The van der Waals surface area contributed by atoms with Crippen molar-refractivity contribution in [2.75, 3.05) is 5.32 Å². The van der Waals surface area contributed by atoms with Crippen molar-refractivity contribution in [1.29, 1.82) is 0 Å². The number of hydrogen-bond acceptors (Lipinski definition) is 3. The van der Waals surface area contributed by atoms with Crippen LogP contribution in [0.15, 0.2) is 24.3 Å². The quantitative estimate of drug-likeness (QED) is 0.639. The lowest BCUT2D eigenvalue weighted by Gasteiger charge is -2.13. The van der Waals surface area contributed by atoms with E-state index in [-0.39, 0.29) is 18.2 Å². The molecule has 0 aliphatic rings. The third-order valence-corrected chi connectivity index (χ3v) is 1.79. The van der Waals surface area contributed by atoms with Gasteiger partial charge in [-0.15, -0.1) is 0 Å². The SMILES string of the molecule is C[C@H](CC(=O)O)Nc1ccccc1O. The Hall–Kier alpha value is -1.71. The molecule has 76 valence electrons. The predicted octanol–water partition coefficient (Wildman–Crippen LogP) is 1.67. The number of carbonyl (C=O) groups is 1. The average molecular weight is 195 g/mol. The van der Waals surface area contributed by atoms with Crippen LogP contribution in [0.1, 0.15) is 13.3 Å². The maximum Gasteiger partial charge on any atom is 0.305 e. The van der Waals surface area contributed by atoms with Crippen LogP contribution in [-0.4, -0.2) is 22.2 Å². The van der Waals surface area contributed by atoms with Gasteiger partial charge in [0, 0.05) is 6.04 Å². The summed E-state index contributed by atoms with van der Waals surface area (Å²) < 4.78 is 0. The average Bonchev–Trinajstić information content (AvgIpc) is 2.07. The van der Waals surface area contributed by atoms with E-state index in [0.717, 1.165) is 0 Å². The number of aromatic hydroxyl groups is 1. The molecule has 0 aliphatic carbocycles. The number of rotatable bonds is 4. The van der Waals surface area contributed by atoms with Crippen LogP contribution in [0.25, 0.3) is 0 Å². The highest BCUT2D eigenvalue weighted by Gasteiger charge is 2.08. The number of benzene rings is 1. The van der Waals surface area contributed by atoms with Crippen molar-refractivity contribution in [3.05, 3.63) is 24.3 Å². The summed E-state index contributed by atoms with van der Waals surface area (Å²) in [6.07, 6.45) is 0.0222. The number of anilines is 1. The van der Waals surface area contributed by atoms with E-state index in [1.165, 1.54) is 0 Å². The van der Waals surface area contributed by atoms with Crippen molar-refractivity contribution in [3.8, 4) is 5.75 Å². The Morgan fingerprint density at radius 2 is 2.14 bits per heavy atom. The van der Waals surface area contributed by atoms with Gasteiger partial charge in [0.15, 0.2) is 0 Å². The van der Waals surface area contributed by atoms with E-state index in [1.54, 1.807) is 31.2 Å². The van der Waals surface area contributed by atoms with Crippen molar-refractivity contribution in [3.63, 3.8) is 0 Å². The Morgan fingerprint density at radius 3 is 2.71 bits per heavy atom. The maximum atomic E-state index is 10.4. The molecule has 0 aliphatic heterocycles. The van der Waals surface area contributed by atoms with Crippen LogP contribution in [0.3, 0.4) is 0 Å². The molecular formula is C10H13NO3. The Balaban J connectivity index is 2.60. The molecule has 0 unspecified atom stereocenters. The smallest absolute Gasteiger partial charge is 0.305 e. The summed E-state index contributed by atoms with van der Waals surface area (Å²) in [7, 11) is 0. The zero-order valence-corrected chi connectivity index (χ0v) is 7.90. The van der Waals surface area contributed by atoms with Crippen LogP contribution in [0.2, 0.25) is 0 Å². The molecule has 4 heteroatoms. The molecule has 0 amide bonds. The molecule has 0 saturated heterocycles. The number of hydrogen-bond donors (Lipinski definition) is 3. The van der Waals surface area contributed by atoms with Gasteiger partial charge in [-0.1, -0.05) is 12.1 Å². The predicted molar refractivity (Wildman–Crippen MR) is 53.4 cm³/mol. The molecular weight excluding hydrogens is 182 g/mol. The Bertz CT molecular complexity index is 325. The summed E-state index contributed by atoms with van der Waals surface area (Å²) in [5, 5.41) is 20.8. The fourth-order valence-electron chi connectivity index (χ4n) is 1.17. The second-order valence-corrected chi connectivity index (χ2v) is 3.16. The standard InChI is InChI=1S/C10H13NO3/c1-7(6-10(13)14)11-8-4-2-3-5-9(8)12/h2-5,7,11-12H,6H2,1H3,(H,13,14)/t7-/m1/s1. The van der Waals surface area contributed by atoms with E-state index in [0.29, 0.717) is 5.69 Å². The summed E-state index contributed by atoms with van der Waals surface area (Å²) in [6.45, 7) is 1.75. The Morgan fingerprint density at radius 1 is 1.50 bits per heavy atom. The Labute approximate surface area is 82.2 Å². The topological polar surface area (TPSA) is 69.6 Å². The van der Waals surface area contributed by atoms with Crippen LogP contribution in [0.5, 0.6) is 5.75 Å². The largest absolute Gasteiger partial charge is 0.506 e. The fourth-order valence-corrected chi connectivity index (χ4v) is 1.17. The molecule has 0 fully saturated rings. The number of carboxylic acid groups (broad SMARTS) is 1. The van der Waals surface area contributed by atoms with Gasteiger partial charge in [0.25, 0.3) is 0 Å². The summed E-state index contributed by atoms with van der Waals surface area (Å²) in [5.74, 6) is -0.731. The molecule has 1 aromatic carbocycles. The monoisotopic (exact) mass is 195 g/mol. The van der Waals surface area contributed by atoms with Crippen LogP contribution in [0.4, 0.5) is 5.69 Å². The van der Waals surface area contributed by atoms with Gasteiger partial charge in [-0.3, -0.25) is 4.79 Å². The zero-order valence-electron chi connectivity index (χ0n) is 7.90. The second kappa shape index (κ2) is 4.50. The van der Waals surface area contributed by atoms with E-state index in [1.807, 2.05) is 0 Å². The highest BCUT2D eigenvalue weighted by molar-refractivity contribution is 5.68. The van der Waals surface area contributed by atoms with E-state index >= 15 is 0 Å². The third-order valence-electron chi connectivity index (χ3n) is 1.79. The van der Waals surface area contributed by atoms with Crippen LogP contribution < -0.4 is 5.32 Å². The number of para-hydroxylation sites is 2. The summed E-state index contributed by atoms with van der Waals surface area (Å²) in [6, 6.07) is 6.53. The highest BCUT2D eigenvalue weighted by Crippen LogP contribution is 2.22. The number of aliphatic carboxylic acids is 1. The van der Waals surface area contributed by atoms with Crippen molar-refractivity contribution in [2.24, 2.45) is 0 Å². The first-order chi connectivity index (χ1) is 6.59. The van der Waals surface area contributed by atoms with Crippen molar-refractivity contribution in [1.82, 2.24) is 0 Å². The first-order valence-electron chi connectivity index (χ1n) is 4.36. The van der Waals surface area contributed by atoms with Crippen molar-refractivity contribution in [2.45, 2.75) is 19.4 Å². The minimum Gasteiger partial charge on any atom is -0.506 e. The van der Waals surface area contributed by atoms with Gasteiger partial charge in [-0.2, -0.15) is 0 Å². The molecule has 0 bridgehead atoms. The molecule has 0 radical (unpaired) electrons. The minimum atomic E-state index is -0.861. The van der Waals surface area contributed by atoms with Crippen molar-refractivity contribution < 1.29 is 15.0 Å². The molecule has 1 aromatic rings. The lowest BCUT2D eigenvalue weighted by molar-refractivity contribution is -0.137. The van der Waals surface area contributed by atoms with E-state index in [2.05, 4.69) is 5.32 Å². The number of nitrogens with one attached hydrogen (secondary N) is 1. The summed E-state index contributed by atoms with van der Waals surface area (Å²) >= 11 is 0. The first-order valence-corrected chi connectivity index (χ1v) is 4.36. The van der Waals surface area contributed by atoms with Gasteiger partial charge in [-0.05, 0) is 19.1 Å².